The molecule has 7 heteroatoms. The molecule has 0 aliphatic rings. The Morgan fingerprint density at radius 1 is 1.14 bits per heavy atom. The topological polar surface area (TPSA) is 80.3 Å². The van der Waals surface area contributed by atoms with Crippen molar-refractivity contribution in [2.45, 2.75) is 0 Å². The van der Waals surface area contributed by atoms with Crippen molar-refractivity contribution < 1.29 is 90.0 Å². The van der Waals surface area contributed by atoms with Crippen molar-refractivity contribution in [1.29, 1.82) is 0 Å². The molecule has 0 aliphatic carbocycles. The van der Waals surface area contributed by atoms with Crippen LogP contribution in [0.15, 0.2) is 0 Å². The molecule has 0 rings (SSSR count). The van der Waals surface area contributed by atoms with Crippen molar-refractivity contribution in [3.05, 3.63) is 0 Å². The first kappa shape index (κ1) is 16.1. The Balaban J connectivity index is -0.0000000800. The van der Waals surface area contributed by atoms with E-state index in [-0.39, 0.29) is 72.4 Å². The molecule has 0 heterocycles. The molecule has 0 saturated carbocycles. The molecule has 0 aromatic rings. The van der Waals surface area contributed by atoms with Crippen LogP contribution in [0.2, 0.25) is 0 Å². The summed E-state index contributed by atoms with van der Waals surface area (Å²) in [6.45, 7) is 0. The van der Waals surface area contributed by atoms with Crippen LogP contribution < -0.4 is 51.4 Å². The zero-order valence-corrected chi connectivity index (χ0v) is 9.57. The molecule has 0 aliphatic heterocycles. The summed E-state index contributed by atoms with van der Waals surface area (Å²) in [4.78, 5) is 0. The second-order valence-corrected chi connectivity index (χ2v) is 1.22. The quantitative estimate of drug-likeness (QED) is 0.256. The molecule has 0 aromatic carbocycles. The summed E-state index contributed by atoms with van der Waals surface area (Å²) in [6, 6.07) is 0. The molecule has 0 atom stereocenters. The van der Waals surface area contributed by atoms with E-state index in [0.717, 1.165) is 0 Å². The van der Waals surface area contributed by atoms with Gasteiger partial charge < -0.3 is 9.11 Å². The van der Waals surface area contributed by atoms with Crippen LogP contribution in [-0.2, 0) is 31.5 Å². The van der Waals surface area contributed by atoms with Crippen LogP contribution in [0.4, 0.5) is 0 Å². The number of rotatable bonds is 0. The average Bonchev–Trinajstić information content (AvgIpc) is 0.722. The van der Waals surface area contributed by atoms with Gasteiger partial charge in [0, 0.05) is 10.4 Å². The van der Waals surface area contributed by atoms with Crippen molar-refractivity contribution in [3.8, 4) is 0 Å². The molecule has 0 saturated heterocycles. The third-order valence-electron chi connectivity index (χ3n) is 0. The Morgan fingerprint density at radius 2 is 1.14 bits per heavy atom. The Bertz CT molecular complexity index is 94.9. The van der Waals surface area contributed by atoms with E-state index in [4.69, 9.17) is 17.5 Å². The molecule has 0 spiro atoms. The van der Waals surface area contributed by atoms with E-state index < -0.39 is 10.4 Å². The van der Waals surface area contributed by atoms with E-state index in [1.54, 1.807) is 0 Å². The summed E-state index contributed by atoms with van der Waals surface area (Å²) in [5.41, 5.74) is 0. The summed E-state index contributed by atoms with van der Waals surface area (Å²) in [6.07, 6.45) is 0. The molecule has 0 unspecified atom stereocenters. The van der Waals surface area contributed by atoms with Crippen LogP contribution in [0.5, 0.6) is 0 Å². The van der Waals surface area contributed by atoms with E-state index in [1.165, 1.54) is 0 Å². The minimum absolute atomic E-state index is 0. The zero-order chi connectivity index (χ0) is 4.50. The second-order valence-electron chi connectivity index (χ2n) is 0.408. The summed E-state index contributed by atoms with van der Waals surface area (Å²) in [5.74, 6) is 0. The predicted molar refractivity (Wildman–Crippen MR) is 10.5 cm³/mol. The SMILES string of the molecule is O=S(=O)([O-])[O-].[K+].[Pt+2]. The van der Waals surface area contributed by atoms with E-state index in [9.17, 15) is 0 Å². The van der Waals surface area contributed by atoms with Crippen LogP contribution in [0.3, 0.4) is 0 Å². The monoisotopic (exact) mass is 330 g/mol. The van der Waals surface area contributed by atoms with Gasteiger partial charge in [0.2, 0.25) is 0 Å². The van der Waals surface area contributed by atoms with Gasteiger partial charge in [0.15, 0.2) is 0 Å². The Labute approximate surface area is 98.3 Å². The van der Waals surface area contributed by atoms with Crippen LogP contribution in [0.25, 0.3) is 0 Å². The summed E-state index contributed by atoms with van der Waals surface area (Å²) in [7, 11) is -5.17. The van der Waals surface area contributed by atoms with Gasteiger partial charge in [-0.2, -0.15) is 0 Å². The smallest absolute Gasteiger partial charge is 0.759 e. The molecule has 0 bridgehead atoms. The van der Waals surface area contributed by atoms with Gasteiger partial charge in [-0.15, -0.1) is 0 Å². The Kier molecular flexibility index (Phi) is 14.5. The standard InChI is InChI=1S/K.H2O4S.Pt/c;1-5(2,3)4;/h;(H2,1,2,3,4);/q+1;;+2/p-2. The molecule has 7 heavy (non-hydrogen) atoms. The molecule has 0 fully saturated rings. The average molecular weight is 330 g/mol. The maximum Gasteiger partial charge on any atom is 2.00 e. The first-order valence-corrected chi connectivity index (χ1v) is 2.00. The predicted octanol–water partition coefficient (Wildman–Crippen LogP) is -4.34. The van der Waals surface area contributed by atoms with E-state index in [0.29, 0.717) is 0 Å². The van der Waals surface area contributed by atoms with Crippen molar-refractivity contribution in [2.24, 2.45) is 0 Å². The first-order valence-electron chi connectivity index (χ1n) is 0.667. The maximum atomic E-state index is 8.52. The molecule has 0 radical (unpaired) electrons. The van der Waals surface area contributed by atoms with Crippen molar-refractivity contribution in [3.63, 3.8) is 0 Å². The third kappa shape index (κ3) is 65.3. The van der Waals surface area contributed by atoms with Gasteiger partial charge in [-0.3, -0.25) is 8.42 Å². The molecule has 0 N–H and O–H groups in total. The van der Waals surface area contributed by atoms with Gasteiger partial charge in [-0.1, -0.05) is 0 Å². The minimum Gasteiger partial charge on any atom is -0.759 e. The summed E-state index contributed by atoms with van der Waals surface area (Å²) >= 11 is 0. The van der Waals surface area contributed by atoms with Crippen molar-refractivity contribution >= 4 is 10.4 Å². The van der Waals surface area contributed by atoms with Crippen LogP contribution in [0, 0.1) is 0 Å². The fourth-order valence-corrected chi connectivity index (χ4v) is 0. The normalized spacial score (nSPS) is 8.29. The first-order chi connectivity index (χ1) is 2.00. The van der Waals surface area contributed by atoms with E-state index >= 15 is 0 Å². The molecular weight excluding hydrogens is 330 g/mol. The van der Waals surface area contributed by atoms with Gasteiger partial charge in [-0.25, -0.2) is 0 Å². The van der Waals surface area contributed by atoms with Gasteiger partial charge in [0.05, 0.1) is 0 Å². The van der Waals surface area contributed by atoms with Crippen molar-refractivity contribution in [2.75, 3.05) is 0 Å². The zero-order valence-electron chi connectivity index (χ0n) is 3.36. The molecule has 0 amide bonds. The fourth-order valence-electron chi connectivity index (χ4n) is 0. The Morgan fingerprint density at radius 3 is 1.14 bits per heavy atom. The summed E-state index contributed by atoms with van der Waals surface area (Å²) < 4.78 is 34.1. The molecule has 4 nitrogen and oxygen atoms in total. The van der Waals surface area contributed by atoms with E-state index in [1.807, 2.05) is 0 Å². The summed E-state index contributed by atoms with van der Waals surface area (Å²) in [5, 5.41) is 0. The number of hydrogen-bond acceptors (Lipinski definition) is 4. The van der Waals surface area contributed by atoms with Gasteiger partial charge in [-0.05, 0) is 0 Å². The van der Waals surface area contributed by atoms with Crippen LogP contribution >= 0.6 is 0 Å². The van der Waals surface area contributed by atoms with Crippen LogP contribution in [0.1, 0.15) is 0 Å². The van der Waals surface area contributed by atoms with Crippen molar-refractivity contribution in [1.82, 2.24) is 0 Å². The second kappa shape index (κ2) is 6.32. The largest absolute Gasteiger partial charge is 2.00 e. The van der Waals surface area contributed by atoms with Gasteiger partial charge in [0.1, 0.15) is 0 Å². The molecule has 40 valence electrons. The van der Waals surface area contributed by atoms with Gasteiger partial charge >= 0.3 is 72.4 Å². The maximum absolute atomic E-state index is 8.52. The molecule has 0 aromatic heterocycles. The van der Waals surface area contributed by atoms with Crippen LogP contribution in [-0.4, -0.2) is 17.5 Å². The fraction of sp³-hybridized carbons (Fsp3) is 0. The number of hydrogen-bond donors (Lipinski definition) is 0. The minimum atomic E-state index is -5.17. The Hall–Kier alpha value is 2.19. The van der Waals surface area contributed by atoms with Gasteiger partial charge in [0.25, 0.3) is 0 Å². The molecular formula is KO4PtS+. The van der Waals surface area contributed by atoms with E-state index in [2.05, 4.69) is 0 Å². The third-order valence-corrected chi connectivity index (χ3v) is 0.